The fourth-order valence-corrected chi connectivity index (χ4v) is 2.68. The molecule has 0 saturated heterocycles. The second kappa shape index (κ2) is 8.42. The van der Waals surface area contributed by atoms with Crippen LogP contribution in [0.15, 0.2) is 11.6 Å². The summed E-state index contributed by atoms with van der Waals surface area (Å²) in [6.45, 7) is 8.68. The lowest BCUT2D eigenvalue weighted by atomic mass is 9.83. The normalized spacial score (nSPS) is 26.5. The van der Waals surface area contributed by atoms with Crippen LogP contribution in [0.4, 0.5) is 0 Å². The van der Waals surface area contributed by atoms with E-state index in [0.717, 1.165) is 18.4 Å². The van der Waals surface area contributed by atoms with E-state index in [1.807, 2.05) is 20.0 Å². The zero-order chi connectivity index (χ0) is 15.1. The number of hydrogen-bond donors (Lipinski definition) is 1. The molecule has 0 aromatic heterocycles. The van der Waals surface area contributed by atoms with Crippen LogP contribution in [-0.2, 0) is 14.3 Å². The molecule has 0 saturated carbocycles. The van der Waals surface area contributed by atoms with E-state index in [2.05, 4.69) is 26.1 Å². The maximum atomic E-state index is 12.0. The van der Waals surface area contributed by atoms with E-state index >= 15 is 0 Å². The summed E-state index contributed by atoms with van der Waals surface area (Å²) >= 11 is 0. The Hall–Kier alpha value is -0.870. The monoisotopic (exact) mass is 283 g/mol. The molecule has 20 heavy (non-hydrogen) atoms. The van der Waals surface area contributed by atoms with Crippen LogP contribution in [0, 0.1) is 5.92 Å². The topological polar surface area (TPSA) is 47.6 Å². The highest BCUT2D eigenvalue weighted by molar-refractivity contribution is 5.88. The van der Waals surface area contributed by atoms with Gasteiger partial charge < -0.3 is 14.8 Å². The van der Waals surface area contributed by atoms with E-state index < -0.39 is 0 Å². The Morgan fingerprint density at radius 2 is 2.05 bits per heavy atom. The lowest BCUT2D eigenvalue weighted by molar-refractivity contribution is -0.139. The van der Waals surface area contributed by atoms with E-state index in [4.69, 9.17) is 9.47 Å². The second-order valence-electron chi connectivity index (χ2n) is 5.41. The van der Waals surface area contributed by atoms with Gasteiger partial charge in [-0.25, -0.2) is 4.79 Å². The van der Waals surface area contributed by atoms with Gasteiger partial charge in [-0.1, -0.05) is 20.8 Å². The standard InChI is InChI=1S/C16H29NO3/c1-6-13(7-2)20-15-10-12(16(18)19-8-3)9-14(17-5)11(15)4/h10-11,13-15,17H,6-9H2,1-5H3/t11-,14+,15-/m1/s1. The highest BCUT2D eigenvalue weighted by Gasteiger charge is 2.33. The summed E-state index contributed by atoms with van der Waals surface area (Å²) in [6.07, 6.45) is 4.89. The quantitative estimate of drug-likeness (QED) is 0.730. The Balaban J connectivity index is 2.87. The van der Waals surface area contributed by atoms with E-state index in [-0.39, 0.29) is 24.2 Å². The predicted molar refractivity (Wildman–Crippen MR) is 80.6 cm³/mol. The Labute approximate surface area is 122 Å². The summed E-state index contributed by atoms with van der Waals surface area (Å²) in [5, 5.41) is 3.29. The van der Waals surface area contributed by atoms with Crippen molar-refractivity contribution in [3.63, 3.8) is 0 Å². The molecule has 1 rings (SSSR count). The van der Waals surface area contributed by atoms with Crippen molar-refractivity contribution in [1.29, 1.82) is 0 Å². The molecule has 0 aromatic carbocycles. The molecule has 0 aliphatic heterocycles. The largest absolute Gasteiger partial charge is 0.463 e. The first kappa shape index (κ1) is 17.2. The highest BCUT2D eigenvalue weighted by Crippen LogP contribution is 2.28. The first-order valence-electron chi connectivity index (χ1n) is 7.77. The van der Waals surface area contributed by atoms with Gasteiger partial charge in [0.05, 0.1) is 18.8 Å². The molecular weight excluding hydrogens is 254 g/mol. The molecular formula is C16H29NO3. The zero-order valence-electron chi connectivity index (χ0n) is 13.4. The first-order chi connectivity index (χ1) is 9.57. The van der Waals surface area contributed by atoms with Crippen molar-refractivity contribution in [3.8, 4) is 0 Å². The number of nitrogens with one attached hydrogen (secondary N) is 1. The number of ether oxygens (including phenoxy) is 2. The van der Waals surface area contributed by atoms with Crippen molar-refractivity contribution in [2.45, 2.75) is 65.2 Å². The molecule has 1 N–H and O–H groups in total. The molecule has 0 amide bonds. The van der Waals surface area contributed by atoms with Crippen LogP contribution >= 0.6 is 0 Å². The van der Waals surface area contributed by atoms with Gasteiger partial charge in [0.2, 0.25) is 0 Å². The molecule has 0 radical (unpaired) electrons. The fourth-order valence-electron chi connectivity index (χ4n) is 2.68. The van der Waals surface area contributed by atoms with Crippen LogP contribution in [0.2, 0.25) is 0 Å². The van der Waals surface area contributed by atoms with Crippen LogP contribution in [0.3, 0.4) is 0 Å². The van der Waals surface area contributed by atoms with Gasteiger partial charge in [-0.2, -0.15) is 0 Å². The van der Waals surface area contributed by atoms with Gasteiger partial charge in [-0.15, -0.1) is 0 Å². The van der Waals surface area contributed by atoms with Gasteiger partial charge in [0.25, 0.3) is 0 Å². The van der Waals surface area contributed by atoms with Gasteiger partial charge in [0, 0.05) is 17.5 Å². The van der Waals surface area contributed by atoms with Crippen molar-refractivity contribution in [3.05, 3.63) is 11.6 Å². The van der Waals surface area contributed by atoms with Gasteiger partial charge >= 0.3 is 5.97 Å². The lowest BCUT2D eigenvalue weighted by Crippen LogP contribution is -2.44. The minimum Gasteiger partial charge on any atom is -0.463 e. The zero-order valence-corrected chi connectivity index (χ0v) is 13.4. The van der Waals surface area contributed by atoms with Crippen molar-refractivity contribution in [2.75, 3.05) is 13.7 Å². The van der Waals surface area contributed by atoms with Gasteiger partial charge in [-0.05, 0) is 39.3 Å². The summed E-state index contributed by atoms with van der Waals surface area (Å²) in [5.41, 5.74) is 0.736. The highest BCUT2D eigenvalue weighted by atomic mass is 16.5. The SMILES string of the molecule is CCOC(=O)C1=C[C@@H](OC(CC)CC)[C@H](C)[C@@H](NC)C1. The van der Waals surface area contributed by atoms with Crippen LogP contribution in [0.1, 0.15) is 47.0 Å². The molecule has 4 heteroatoms. The Kier molecular flexibility index (Phi) is 7.24. The van der Waals surface area contributed by atoms with Gasteiger partial charge in [-0.3, -0.25) is 0 Å². The molecule has 0 unspecified atom stereocenters. The Morgan fingerprint density at radius 3 is 2.55 bits per heavy atom. The molecule has 0 bridgehead atoms. The Morgan fingerprint density at radius 1 is 1.40 bits per heavy atom. The maximum Gasteiger partial charge on any atom is 0.333 e. The summed E-state index contributed by atoms with van der Waals surface area (Å²) in [6, 6.07) is 0.249. The first-order valence-corrected chi connectivity index (χ1v) is 7.77. The molecule has 1 aliphatic carbocycles. The van der Waals surface area contributed by atoms with E-state index in [9.17, 15) is 4.79 Å². The number of carbonyl (C=O) groups is 1. The molecule has 4 nitrogen and oxygen atoms in total. The minimum absolute atomic E-state index is 0.0227. The molecule has 0 fully saturated rings. The lowest BCUT2D eigenvalue weighted by Gasteiger charge is -2.36. The van der Waals surface area contributed by atoms with Crippen molar-refractivity contribution >= 4 is 5.97 Å². The van der Waals surface area contributed by atoms with Crippen molar-refractivity contribution in [1.82, 2.24) is 5.32 Å². The Bertz CT molecular complexity index is 337. The summed E-state index contributed by atoms with van der Waals surface area (Å²) in [5.74, 6) is 0.136. The van der Waals surface area contributed by atoms with Crippen LogP contribution in [0.5, 0.6) is 0 Å². The van der Waals surface area contributed by atoms with E-state index in [0.29, 0.717) is 18.9 Å². The van der Waals surface area contributed by atoms with E-state index in [1.165, 1.54) is 0 Å². The van der Waals surface area contributed by atoms with Gasteiger partial charge in [0.1, 0.15) is 0 Å². The number of carbonyl (C=O) groups excluding carboxylic acids is 1. The van der Waals surface area contributed by atoms with Crippen LogP contribution in [0.25, 0.3) is 0 Å². The summed E-state index contributed by atoms with van der Waals surface area (Å²) in [7, 11) is 1.93. The predicted octanol–water partition coefficient (Wildman–Crippen LogP) is 2.68. The number of rotatable bonds is 7. The average molecular weight is 283 g/mol. The fraction of sp³-hybridized carbons (Fsp3) is 0.812. The molecule has 3 atom stereocenters. The summed E-state index contributed by atoms with van der Waals surface area (Å²) < 4.78 is 11.3. The van der Waals surface area contributed by atoms with Crippen LogP contribution in [-0.4, -0.2) is 37.9 Å². The van der Waals surface area contributed by atoms with E-state index in [1.54, 1.807) is 0 Å². The van der Waals surface area contributed by atoms with Crippen LogP contribution < -0.4 is 5.32 Å². The molecule has 1 aliphatic rings. The van der Waals surface area contributed by atoms with Crippen molar-refractivity contribution < 1.29 is 14.3 Å². The smallest absolute Gasteiger partial charge is 0.333 e. The third-order valence-electron chi connectivity index (χ3n) is 4.13. The molecule has 0 aromatic rings. The third kappa shape index (κ3) is 4.32. The maximum absolute atomic E-state index is 12.0. The molecule has 0 heterocycles. The number of hydrogen-bond acceptors (Lipinski definition) is 4. The van der Waals surface area contributed by atoms with Gasteiger partial charge in [0.15, 0.2) is 0 Å². The number of esters is 1. The molecule has 116 valence electrons. The minimum atomic E-state index is -0.210. The van der Waals surface area contributed by atoms with Crippen molar-refractivity contribution in [2.24, 2.45) is 5.92 Å². The second-order valence-corrected chi connectivity index (χ2v) is 5.41. The molecule has 0 spiro atoms. The average Bonchev–Trinajstić information content (AvgIpc) is 2.46. The summed E-state index contributed by atoms with van der Waals surface area (Å²) in [4.78, 5) is 12.0. The third-order valence-corrected chi connectivity index (χ3v) is 4.13.